The quantitative estimate of drug-likeness (QED) is 0.914. The van der Waals surface area contributed by atoms with Crippen molar-refractivity contribution >= 4 is 21.6 Å². The van der Waals surface area contributed by atoms with Crippen LogP contribution in [-0.2, 0) is 0 Å². The Balaban J connectivity index is 1.93. The Bertz CT molecular complexity index is 403. The van der Waals surface area contributed by atoms with Crippen LogP contribution in [0, 0.1) is 12.8 Å². The third-order valence-corrected chi connectivity index (χ3v) is 4.50. The molecule has 0 bridgehead atoms. The molecule has 18 heavy (non-hydrogen) atoms. The summed E-state index contributed by atoms with van der Waals surface area (Å²) in [5.41, 5.74) is 2.68. The molecule has 1 N–H and O–H groups in total. The fourth-order valence-corrected chi connectivity index (χ4v) is 2.71. The third-order valence-electron chi connectivity index (χ3n) is 3.61. The summed E-state index contributed by atoms with van der Waals surface area (Å²) in [6.45, 7) is 10.1. The predicted molar refractivity (Wildman–Crippen MR) is 82.3 cm³/mol. The number of benzene rings is 1. The molecule has 0 aliphatic carbocycles. The molecule has 3 heteroatoms. The molecule has 1 aliphatic rings. The molecule has 0 spiro atoms. The summed E-state index contributed by atoms with van der Waals surface area (Å²) in [6.07, 6.45) is 1.30. The van der Waals surface area contributed by atoms with Gasteiger partial charge in [-0.1, -0.05) is 29.8 Å². The van der Waals surface area contributed by atoms with Gasteiger partial charge in [0.15, 0.2) is 0 Å². The zero-order valence-electron chi connectivity index (χ0n) is 11.5. The van der Waals surface area contributed by atoms with E-state index in [1.807, 2.05) is 0 Å². The van der Waals surface area contributed by atoms with Crippen LogP contribution in [0.3, 0.4) is 0 Å². The van der Waals surface area contributed by atoms with Gasteiger partial charge in [0.2, 0.25) is 0 Å². The number of anilines is 1. The number of aryl methyl sites for hydroxylation is 1. The van der Waals surface area contributed by atoms with Crippen LogP contribution in [0.4, 0.5) is 5.69 Å². The van der Waals surface area contributed by atoms with Crippen molar-refractivity contribution in [3.63, 3.8) is 0 Å². The van der Waals surface area contributed by atoms with Gasteiger partial charge in [-0.05, 0) is 49.6 Å². The highest BCUT2D eigenvalue weighted by Crippen LogP contribution is 2.27. The number of nitrogens with one attached hydrogen (secondary N) is 1. The Labute approximate surface area is 119 Å². The van der Waals surface area contributed by atoms with E-state index in [1.54, 1.807) is 0 Å². The standard InChI is InChI=1S/C15H23BrN2/c1-11(2)17-9-13-6-7-18(10-13)14-4-5-15(16)12(3)8-14/h4-5,8,11,13,17H,6-7,9-10H2,1-3H3. The largest absolute Gasteiger partial charge is 0.371 e. The highest BCUT2D eigenvalue weighted by atomic mass is 79.9. The summed E-state index contributed by atoms with van der Waals surface area (Å²) in [6, 6.07) is 7.25. The lowest BCUT2D eigenvalue weighted by atomic mass is 10.1. The lowest BCUT2D eigenvalue weighted by Crippen LogP contribution is -2.30. The highest BCUT2D eigenvalue weighted by molar-refractivity contribution is 9.10. The van der Waals surface area contributed by atoms with Gasteiger partial charge in [-0.25, -0.2) is 0 Å². The molecule has 1 unspecified atom stereocenters. The molecular weight excluding hydrogens is 288 g/mol. The first-order valence-electron chi connectivity index (χ1n) is 6.80. The second-order valence-electron chi connectivity index (χ2n) is 5.60. The molecule has 1 saturated heterocycles. The number of nitrogens with zero attached hydrogens (tertiary/aromatic N) is 1. The molecule has 1 atom stereocenters. The van der Waals surface area contributed by atoms with Gasteiger partial charge in [0, 0.05) is 29.3 Å². The smallest absolute Gasteiger partial charge is 0.0369 e. The van der Waals surface area contributed by atoms with Crippen LogP contribution in [0.25, 0.3) is 0 Å². The number of hydrogen-bond donors (Lipinski definition) is 1. The average molecular weight is 311 g/mol. The third kappa shape index (κ3) is 3.48. The lowest BCUT2D eigenvalue weighted by Gasteiger charge is -2.20. The van der Waals surface area contributed by atoms with E-state index >= 15 is 0 Å². The molecule has 0 aromatic heterocycles. The van der Waals surface area contributed by atoms with E-state index < -0.39 is 0 Å². The summed E-state index contributed by atoms with van der Waals surface area (Å²) in [4.78, 5) is 2.51. The molecule has 2 nitrogen and oxygen atoms in total. The van der Waals surface area contributed by atoms with E-state index in [1.165, 1.54) is 35.2 Å². The first kappa shape index (κ1) is 13.9. The van der Waals surface area contributed by atoms with Gasteiger partial charge >= 0.3 is 0 Å². The molecule has 1 aromatic rings. The Hall–Kier alpha value is -0.540. The van der Waals surface area contributed by atoms with E-state index in [-0.39, 0.29) is 0 Å². The van der Waals surface area contributed by atoms with Gasteiger partial charge < -0.3 is 10.2 Å². The summed E-state index contributed by atoms with van der Waals surface area (Å²) < 4.78 is 1.20. The van der Waals surface area contributed by atoms with Crippen molar-refractivity contribution in [1.29, 1.82) is 0 Å². The Morgan fingerprint density at radius 2 is 2.22 bits per heavy atom. The van der Waals surface area contributed by atoms with Crippen molar-refractivity contribution in [1.82, 2.24) is 5.32 Å². The Morgan fingerprint density at radius 3 is 2.89 bits per heavy atom. The maximum Gasteiger partial charge on any atom is 0.0369 e. The predicted octanol–water partition coefficient (Wildman–Crippen LogP) is 3.58. The van der Waals surface area contributed by atoms with Gasteiger partial charge in [-0.3, -0.25) is 0 Å². The normalized spacial score (nSPS) is 19.8. The fourth-order valence-electron chi connectivity index (χ4n) is 2.46. The van der Waals surface area contributed by atoms with E-state index in [2.05, 4.69) is 65.1 Å². The van der Waals surface area contributed by atoms with Crippen LogP contribution in [0.15, 0.2) is 22.7 Å². The summed E-state index contributed by atoms with van der Waals surface area (Å²) in [5, 5.41) is 3.55. The first-order chi connectivity index (χ1) is 8.56. The molecule has 100 valence electrons. The number of rotatable bonds is 4. The van der Waals surface area contributed by atoms with Crippen LogP contribution in [0.1, 0.15) is 25.8 Å². The van der Waals surface area contributed by atoms with E-state index in [4.69, 9.17) is 0 Å². The monoisotopic (exact) mass is 310 g/mol. The maximum absolute atomic E-state index is 3.56. The van der Waals surface area contributed by atoms with Gasteiger partial charge in [-0.2, -0.15) is 0 Å². The molecule has 2 rings (SSSR count). The molecule has 0 amide bonds. The summed E-state index contributed by atoms with van der Waals surface area (Å²) in [7, 11) is 0. The zero-order chi connectivity index (χ0) is 13.1. The maximum atomic E-state index is 3.56. The SMILES string of the molecule is Cc1cc(N2CCC(CNC(C)C)C2)ccc1Br. The first-order valence-corrected chi connectivity index (χ1v) is 7.60. The molecule has 0 saturated carbocycles. The minimum Gasteiger partial charge on any atom is -0.371 e. The number of halogens is 1. The Morgan fingerprint density at radius 1 is 1.44 bits per heavy atom. The van der Waals surface area contributed by atoms with Crippen molar-refractivity contribution in [2.45, 2.75) is 33.2 Å². The van der Waals surface area contributed by atoms with Crippen molar-refractivity contribution in [3.05, 3.63) is 28.2 Å². The van der Waals surface area contributed by atoms with Crippen molar-refractivity contribution in [2.75, 3.05) is 24.5 Å². The van der Waals surface area contributed by atoms with E-state index in [0.717, 1.165) is 12.5 Å². The van der Waals surface area contributed by atoms with Crippen LogP contribution in [0.2, 0.25) is 0 Å². The lowest BCUT2D eigenvalue weighted by molar-refractivity contribution is 0.480. The molecule has 1 aromatic carbocycles. The Kier molecular flexibility index (Phi) is 4.68. The summed E-state index contributed by atoms with van der Waals surface area (Å²) >= 11 is 3.56. The van der Waals surface area contributed by atoms with Crippen LogP contribution in [0.5, 0.6) is 0 Å². The molecule has 1 fully saturated rings. The minimum absolute atomic E-state index is 0.592. The van der Waals surface area contributed by atoms with E-state index in [9.17, 15) is 0 Å². The minimum atomic E-state index is 0.592. The van der Waals surface area contributed by atoms with E-state index in [0.29, 0.717) is 6.04 Å². The second-order valence-corrected chi connectivity index (χ2v) is 6.45. The van der Waals surface area contributed by atoms with Crippen LogP contribution < -0.4 is 10.2 Å². The van der Waals surface area contributed by atoms with Gasteiger partial charge in [0.05, 0.1) is 0 Å². The van der Waals surface area contributed by atoms with Gasteiger partial charge in [-0.15, -0.1) is 0 Å². The topological polar surface area (TPSA) is 15.3 Å². The second kappa shape index (κ2) is 6.07. The van der Waals surface area contributed by atoms with Crippen LogP contribution >= 0.6 is 15.9 Å². The molecular formula is C15H23BrN2. The van der Waals surface area contributed by atoms with Gasteiger partial charge in [0.1, 0.15) is 0 Å². The highest BCUT2D eigenvalue weighted by Gasteiger charge is 2.22. The molecule has 1 aliphatic heterocycles. The molecule has 1 heterocycles. The van der Waals surface area contributed by atoms with Crippen molar-refractivity contribution in [2.24, 2.45) is 5.92 Å². The average Bonchev–Trinajstić information content (AvgIpc) is 2.79. The van der Waals surface area contributed by atoms with Gasteiger partial charge in [0.25, 0.3) is 0 Å². The van der Waals surface area contributed by atoms with Crippen molar-refractivity contribution < 1.29 is 0 Å². The number of hydrogen-bond acceptors (Lipinski definition) is 2. The zero-order valence-corrected chi connectivity index (χ0v) is 13.1. The van der Waals surface area contributed by atoms with Crippen LogP contribution in [-0.4, -0.2) is 25.7 Å². The summed E-state index contributed by atoms with van der Waals surface area (Å²) in [5.74, 6) is 0.788. The van der Waals surface area contributed by atoms with Crippen molar-refractivity contribution in [3.8, 4) is 0 Å². The molecule has 0 radical (unpaired) electrons. The fraction of sp³-hybridized carbons (Fsp3) is 0.600.